The first-order valence-electron chi connectivity index (χ1n) is 9.60. The number of Topliss-reactive ketones (excluding diaryl/α,β-unsaturated/α-hetero) is 1. The van der Waals surface area contributed by atoms with Crippen molar-refractivity contribution in [2.24, 2.45) is 5.73 Å². The summed E-state index contributed by atoms with van der Waals surface area (Å²) >= 11 is 0. The maximum Gasteiger partial charge on any atom is 0.287 e. The van der Waals surface area contributed by atoms with E-state index in [4.69, 9.17) is 5.73 Å². The van der Waals surface area contributed by atoms with E-state index in [9.17, 15) is 14.4 Å². The number of benzene rings is 1. The Kier molecular flexibility index (Phi) is 5.31. The van der Waals surface area contributed by atoms with Crippen LogP contribution in [0.5, 0.6) is 0 Å². The van der Waals surface area contributed by atoms with Crippen LogP contribution >= 0.6 is 0 Å². The number of H-pyrrole nitrogens is 1. The third-order valence-electron chi connectivity index (χ3n) is 5.06. The van der Waals surface area contributed by atoms with Gasteiger partial charge in [-0.05, 0) is 30.7 Å². The number of nitrogens with zero attached hydrogens (tertiary/aromatic N) is 3. The van der Waals surface area contributed by atoms with Gasteiger partial charge in [-0.1, -0.05) is 18.2 Å². The smallest absolute Gasteiger partial charge is 0.287 e. The van der Waals surface area contributed by atoms with Gasteiger partial charge >= 0.3 is 0 Å². The van der Waals surface area contributed by atoms with Crippen LogP contribution in [0, 0.1) is 6.92 Å². The monoisotopic (exact) mass is 416 g/mol. The van der Waals surface area contributed by atoms with E-state index in [1.165, 1.54) is 6.20 Å². The van der Waals surface area contributed by atoms with E-state index in [0.717, 1.165) is 16.5 Å². The average molecular weight is 416 g/mol. The first kappa shape index (κ1) is 20.0. The Morgan fingerprint density at radius 3 is 2.65 bits per heavy atom. The molecule has 4 N–H and O–H groups in total. The molecule has 9 nitrogen and oxygen atoms in total. The van der Waals surface area contributed by atoms with Crippen molar-refractivity contribution in [2.75, 3.05) is 0 Å². The van der Waals surface area contributed by atoms with Crippen molar-refractivity contribution < 1.29 is 14.4 Å². The van der Waals surface area contributed by atoms with E-state index in [1.807, 2.05) is 24.3 Å². The van der Waals surface area contributed by atoms with Crippen molar-refractivity contribution in [3.8, 4) is 5.69 Å². The Bertz CT molecular complexity index is 1270. The lowest BCUT2D eigenvalue weighted by atomic mass is 10.0. The number of aromatic nitrogens is 4. The third-order valence-corrected chi connectivity index (χ3v) is 5.06. The van der Waals surface area contributed by atoms with Gasteiger partial charge in [-0.2, -0.15) is 0 Å². The standard InChI is InChI=1S/C22H20N6O3/c1-13-25-12-19(28(13)15-6-8-24-9-7-15)22(31)27-18(20(29)21(23)30)10-14-11-26-17-5-3-2-4-16(14)17/h2-9,11-12,18,26H,10H2,1H3,(H2,23,30)(H,27,31). The lowest BCUT2D eigenvalue weighted by Gasteiger charge is -2.17. The minimum atomic E-state index is -1.12. The molecule has 0 saturated heterocycles. The Balaban J connectivity index is 1.65. The van der Waals surface area contributed by atoms with E-state index in [0.29, 0.717) is 11.5 Å². The number of aryl methyl sites for hydroxylation is 1. The van der Waals surface area contributed by atoms with E-state index >= 15 is 0 Å². The number of aromatic amines is 1. The van der Waals surface area contributed by atoms with Crippen molar-refractivity contribution in [2.45, 2.75) is 19.4 Å². The molecule has 3 heterocycles. The highest BCUT2D eigenvalue weighted by Crippen LogP contribution is 2.20. The zero-order valence-corrected chi connectivity index (χ0v) is 16.7. The zero-order chi connectivity index (χ0) is 22.0. The van der Waals surface area contributed by atoms with Crippen LogP contribution < -0.4 is 11.1 Å². The maximum absolute atomic E-state index is 13.1. The second-order valence-electron chi connectivity index (χ2n) is 7.05. The lowest BCUT2D eigenvalue weighted by Crippen LogP contribution is -2.47. The molecule has 0 aliphatic carbocycles. The molecule has 4 aromatic rings. The molecule has 0 saturated carbocycles. The van der Waals surface area contributed by atoms with E-state index in [1.54, 1.807) is 42.2 Å². The number of primary amides is 1. The van der Waals surface area contributed by atoms with Gasteiger partial charge in [-0.15, -0.1) is 0 Å². The highest BCUT2D eigenvalue weighted by atomic mass is 16.2. The number of para-hydroxylation sites is 1. The summed E-state index contributed by atoms with van der Waals surface area (Å²) in [5.74, 6) is -1.93. The van der Waals surface area contributed by atoms with Gasteiger partial charge in [0.2, 0.25) is 5.78 Å². The molecule has 0 fully saturated rings. The molecule has 0 bridgehead atoms. The Labute approximate surface area is 177 Å². The van der Waals surface area contributed by atoms with E-state index in [2.05, 4.69) is 20.3 Å². The SMILES string of the molecule is Cc1ncc(C(=O)NC(Cc2c[nH]c3ccccc23)C(=O)C(N)=O)n1-c1ccncc1. The van der Waals surface area contributed by atoms with E-state index in [-0.39, 0.29) is 12.1 Å². The molecule has 0 aliphatic rings. The highest BCUT2D eigenvalue weighted by molar-refractivity contribution is 6.38. The molecule has 1 atom stereocenters. The number of hydrogen-bond acceptors (Lipinski definition) is 5. The number of amides is 2. The summed E-state index contributed by atoms with van der Waals surface area (Å²) in [5.41, 5.74) is 7.85. The summed E-state index contributed by atoms with van der Waals surface area (Å²) in [7, 11) is 0. The Morgan fingerprint density at radius 2 is 1.90 bits per heavy atom. The number of carbonyl (C=O) groups excluding carboxylic acids is 3. The zero-order valence-electron chi connectivity index (χ0n) is 16.7. The van der Waals surface area contributed by atoms with Crippen molar-refractivity contribution in [3.63, 3.8) is 0 Å². The molecule has 1 unspecified atom stereocenters. The molecular weight excluding hydrogens is 396 g/mol. The van der Waals surface area contributed by atoms with Crippen molar-refractivity contribution in [3.05, 3.63) is 78.3 Å². The van der Waals surface area contributed by atoms with Crippen LogP contribution in [0.3, 0.4) is 0 Å². The van der Waals surface area contributed by atoms with Gasteiger partial charge in [0.25, 0.3) is 11.8 Å². The molecule has 156 valence electrons. The largest absolute Gasteiger partial charge is 0.363 e. The molecule has 0 radical (unpaired) electrons. The molecule has 0 aliphatic heterocycles. The number of fused-ring (bicyclic) bond motifs is 1. The minimum Gasteiger partial charge on any atom is -0.363 e. The van der Waals surface area contributed by atoms with Crippen LogP contribution in [0.1, 0.15) is 21.9 Å². The quantitative estimate of drug-likeness (QED) is 0.392. The Morgan fingerprint density at radius 1 is 1.16 bits per heavy atom. The number of nitrogens with two attached hydrogens (primary N) is 1. The molecule has 2 amide bonds. The third kappa shape index (κ3) is 3.93. The summed E-state index contributed by atoms with van der Waals surface area (Å²) in [4.78, 5) is 48.5. The Hall–Kier alpha value is -4.27. The summed E-state index contributed by atoms with van der Waals surface area (Å²) in [6.45, 7) is 1.76. The van der Waals surface area contributed by atoms with Gasteiger partial charge in [0.1, 0.15) is 17.6 Å². The van der Waals surface area contributed by atoms with Crippen LogP contribution in [-0.4, -0.2) is 43.2 Å². The number of nitrogens with one attached hydrogen (secondary N) is 2. The normalized spacial score (nSPS) is 11.9. The summed E-state index contributed by atoms with van der Waals surface area (Å²) < 4.78 is 1.65. The maximum atomic E-state index is 13.1. The van der Waals surface area contributed by atoms with Gasteiger partial charge in [-0.25, -0.2) is 4.98 Å². The van der Waals surface area contributed by atoms with Gasteiger partial charge < -0.3 is 16.0 Å². The van der Waals surface area contributed by atoms with Crippen LogP contribution in [0.15, 0.2) is 61.2 Å². The predicted octanol–water partition coefficient (Wildman–Crippen LogP) is 1.45. The molecule has 0 spiro atoms. The number of rotatable bonds is 7. The predicted molar refractivity (Wildman–Crippen MR) is 114 cm³/mol. The van der Waals surface area contributed by atoms with Crippen molar-refractivity contribution in [1.29, 1.82) is 0 Å². The average Bonchev–Trinajstić information content (AvgIpc) is 3.37. The molecule has 31 heavy (non-hydrogen) atoms. The minimum absolute atomic E-state index is 0.111. The van der Waals surface area contributed by atoms with Crippen LogP contribution in [0.2, 0.25) is 0 Å². The summed E-state index contributed by atoms with van der Waals surface area (Å²) in [6.07, 6.45) is 6.49. The number of pyridine rings is 1. The summed E-state index contributed by atoms with van der Waals surface area (Å²) in [5, 5.41) is 3.56. The fraction of sp³-hybridized carbons (Fsp3) is 0.136. The number of hydrogen-bond donors (Lipinski definition) is 3. The highest BCUT2D eigenvalue weighted by Gasteiger charge is 2.28. The molecule has 4 rings (SSSR count). The second-order valence-corrected chi connectivity index (χ2v) is 7.05. The molecular formula is C22H20N6O3. The number of carbonyl (C=O) groups is 3. The van der Waals surface area contributed by atoms with Gasteiger partial charge in [0.15, 0.2) is 0 Å². The van der Waals surface area contributed by atoms with Gasteiger partial charge in [0.05, 0.1) is 11.9 Å². The molecule has 9 heteroatoms. The molecule has 3 aromatic heterocycles. The van der Waals surface area contributed by atoms with Gasteiger partial charge in [0, 0.05) is 35.9 Å². The summed E-state index contributed by atoms with van der Waals surface area (Å²) in [6, 6.07) is 9.92. The first-order chi connectivity index (χ1) is 15.0. The topological polar surface area (TPSA) is 136 Å². The fourth-order valence-electron chi connectivity index (χ4n) is 3.56. The fourth-order valence-corrected chi connectivity index (χ4v) is 3.56. The molecule has 1 aromatic carbocycles. The number of ketones is 1. The van der Waals surface area contributed by atoms with Crippen LogP contribution in [0.25, 0.3) is 16.6 Å². The second kappa shape index (κ2) is 8.23. The van der Waals surface area contributed by atoms with Crippen LogP contribution in [0.4, 0.5) is 0 Å². The first-order valence-corrected chi connectivity index (χ1v) is 9.60. The van der Waals surface area contributed by atoms with Crippen molar-refractivity contribution in [1.82, 2.24) is 24.8 Å². The lowest BCUT2D eigenvalue weighted by molar-refractivity contribution is -0.137. The number of imidazole rings is 1. The van der Waals surface area contributed by atoms with Crippen molar-refractivity contribution >= 4 is 28.5 Å². The van der Waals surface area contributed by atoms with Gasteiger partial charge in [-0.3, -0.25) is 23.9 Å². The van der Waals surface area contributed by atoms with Crippen LogP contribution in [-0.2, 0) is 16.0 Å². The van der Waals surface area contributed by atoms with E-state index < -0.39 is 23.6 Å².